The fourth-order valence-electron chi connectivity index (χ4n) is 3.73. The average molecular weight is 477 g/mol. The highest BCUT2D eigenvalue weighted by atomic mass is 35.5. The van der Waals surface area contributed by atoms with Crippen LogP contribution in [0.5, 0.6) is 0 Å². The maximum absolute atomic E-state index is 13.0. The predicted octanol–water partition coefficient (Wildman–Crippen LogP) is 5.13. The van der Waals surface area contributed by atoms with Gasteiger partial charge in [-0.2, -0.15) is 0 Å². The van der Waals surface area contributed by atoms with Crippen molar-refractivity contribution in [1.82, 2.24) is 14.9 Å². The Kier molecular flexibility index (Phi) is 5.54. The second-order valence-electron chi connectivity index (χ2n) is 7.83. The van der Waals surface area contributed by atoms with Crippen molar-refractivity contribution in [3.63, 3.8) is 0 Å². The lowest BCUT2D eigenvalue weighted by Gasteiger charge is -2.36. The molecule has 1 aliphatic carbocycles. The number of rotatable bonds is 4. The first-order valence-electron chi connectivity index (χ1n) is 10.2. The summed E-state index contributed by atoms with van der Waals surface area (Å²) in [5.74, 6) is 1.47. The van der Waals surface area contributed by atoms with Gasteiger partial charge in [-0.1, -0.05) is 46.9 Å². The van der Waals surface area contributed by atoms with Crippen molar-refractivity contribution in [2.24, 2.45) is 0 Å². The second-order valence-corrected chi connectivity index (χ2v) is 9.05. The van der Waals surface area contributed by atoms with Crippen molar-refractivity contribution >= 4 is 63.4 Å². The van der Waals surface area contributed by atoms with Gasteiger partial charge in [0.25, 0.3) is 5.91 Å². The third-order valence-corrected chi connectivity index (χ3v) is 6.58. The molecular weight excluding hydrogens is 457 g/mol. The van der Waals surface area contributed by atoms with E-state index in [4.69, 9.17) is 44.8 Å². The Balaban J connectivity index is 1.37. The minimum atomic E-state index is -0.171. The summed E-state index contributed by atoms with van der Waals surface area (Å²) in [6.07, 6.45) is 2.30. The van der Waals surface area contributed by atoms with Gasteiger partial charge >= 0.3 is 0 Å². The van der Waals surface area contributed by atoms with Gasteiger partial charge in [-0.3, -0.25) is 4.79 Å². The number of hydrogen-bond acceptors (Lipinski definition) is 5. The molecule has 3 aromatic rings. The van der Waals surface area contributed by atoms with E-state index in [1.165, 1.54) is 6.07 Å². The Morgan fingerprint density at radius 1 is 0.968 bits per heavy atom. The van der Waals surface area contributed by atoms with E-state index in [-0.39, 0.29) is 16.0 Å². The van der Waals surface area contributed by atoms with E-state index in [2.05, 4.69) is 10.2 Å². The molecule has 0 radical (unpaired) electrons. The molecule has 160 valence electrons. The molecule has 0 spiro atoms. The number of amides is 1. The van der Waals surface area contributed by atoms with Crippen LogP contribution in [0.25, 0.3) is 11.0 Å². The molecular formula is C22H20Cl3N5O. The Morgan fingerprint density at radius 3 is 2.32 bits per heavy atom. The highest BCUT2D eigenvalue weighted by molar-refractivity contribution is 6.45. The van der Waals surface area contributed by atoms with Crippen LogP contribution in [0.4, 0.5) is 11.6 Å². The van der Waals surface area contributed by atoms with Crippen LogP contribution in [0, 0.1) is 0 Å². The molecule has 9 heteroatoms. The molecule has 1 N–H and O–H groups in total. The van der Waals surface area contributed by atoms with Crippen molar-refractivity contribution in [3.05, 3.63) is 57.0 Å². The van der Waals surface area contributed by atoms with Gasteiger partial charge < -0.3 is 15.1 Å². The number of nitrogens with zero attached hydrogens (tertiary/aromatic N) is 4. The number of benzene rings is 2. The monoisotopic (exact) mass is 475 g/mol. The third kappa shape index (κ3) is 4.25. The molecule has 5 rings (SSSR count). The lowest BCUT2D eigenvalue weighted by Crippen LogP contribution is -2.49. The number of carbonyl (C=O) groups is 1. The standard InChI is InChI=1S/C22H20Cl3N5O/c23-13-11-15(19(25)16(24)12-13)22(31)30-9-7-29(8-10-30)21-20(26-14-5-6-14)27-17-3-1-2-4-18(17)28-21/h1-4,11-12,14H,5-10H2,(H,26,27). The molecule has 1 aliphatic heterocycles. The SMILES string of the molecule is O=C(c1cc(Cl)cc(Cl)c1Cl)N1CCN(c2nc3ccccc3nc2NC2CC2)CC1. The molecule has 2 aromatic carbocycles. The van der Waals surface area contributed by atoms with E-state index in [1.54, 1.807) is 11.0 Å². The molecule has 1 saturated carbocycles. The zero-order valence-corrected chi connectivity index (χ0v) is 18.9. The molecule has 0 bridgehead atoms. The smallest absolute Gasteiger partial charge is 0.255 e. The first-order valence-corrected chi connectivity index (χ1v) is 11.3. The Hall–Kier alpha value is -2.28. The van der Waals surface area contributed by atoms with E-state index in [1.807, 2.05) is 24.3 Å². The highest BCUT2D eigenvalue weighted by Crippen LogP contribution is 2.33. The topological polar surface area (TPSA) is 61.4 Å². The van der Waals surface area contributed by atoms with Gasteiger partial charge in [0.2, 0.25) is 0 Å². The summed E-state index contributed by atoms with van der Waals surface area (Å²) >= 11 is 18.4. The van der Waals surface area contributed by atoms with Crippen LogP contribution < -0.4 is 10.2 Å². The molecule has 6 nitrogen and oxygen atoms in total. The Bertz CT molecular complexity index is 1160. The molecule has 2 heterocycles. The number of para-hydroxylation sites is 2. The first kappa shape index (κ1) is 20.6. The molecule has 31 heavy (non-hydrogen) atoms. The van der Waals surface area contributed by atoms with Gasteiger partial charge in [0.1, 0.15) is 0 Å². The van der Waals surface area contributed by atoms with Gasteiger partial charge in [0, 0.05) is 37.2 Å². The summed E-state index contributed by atoms with van der Waals surface area (Å²) < 4.78 is 0. The van der Waals surface area contributed by atoms with Crippen molar-refractivity contribution in [2.75, 3.05) is 36.4 Å². The summed E-state index contributed by atoms with van der Waals surface area (Å²) in [4.78, 5) is 26.7. The van der Waals surface area contributed by atoms with E-state index in [0.717, 1.165) is 35.5 Å². The maximum atomic E-state index is 13.0. The van der Waals surface area contributed by atoms with Crippen LogP contribution in [0.3, 0.4) is 0 Å². The summed E-state index contributed by atoms with van der Waals surface area (Å²) in [7, 11) is 0. The zero-order valence-electron chi connectivity index (χ0n) is 16.6. The molecule has 0 atom stereocenters. The molecule has 0 unspecified atom stereocenters. The van der Waals surface area contributed by atoms with Crippen molar-refractivity contribution in [3.8, 4) is 0 Å². The largest absolute Gasteiger partial charge is 0.364 e. The van der Waals surface area contributed by atoms with Crippen LogP contribution >= 0.6 is 34.8 Å². The van der Waals surface area contributed by atoms with Gasteiger partial charge in [-0.15, -0.1) is 0 Å². The van der Waals surface area contributed by atoms with Gasteiger partial charge in [-0.05, 0) is 37.1 Å². The van der Waals surface area contributed by atoms with Crippen molar-refractivity contribution < 1.29 is 4.79 Å². The summed E-state index contributed by atoms with van der Waals surface area (Å²) in [5.41, 5.74) is 2.06. The van der Waals surface area contributed by atoms with Gasteiger partial charge in [0.05, 0.1) is 26.6 Å². The summed E-state index contributed by atoms with van der Waals surface area (Å²) in [6.45, 7) is 2.36. The highest BCUT2D eigenvalue weighted by Gasteiger charge is 2.29. The lowest BCUT2D eigenvalue weighted by atomic mass is 10.1. The minimum absolute atomic E-state index is 0.171. The fraction of sp³-hybridized carbons (Fsp3) is 0.318. The van der Waals surface area contributed by atoms with Crippen molar-refractivity contribution in [1.29, 1.82) is 0 Å². The van der Waals surface area contributed by atoms with Crippen LogP contribution in [-0.4, -0.2) is 53.0 Å². The number of piperazine rings is 1. The molecule has 1 amide bonds. The second kappa shape index (κ2) is 8.34. The van der Waals surface area contributed by atoms with Crippen molar-refractivity contribution in [2.45, 2.75) is 18.9 Å². The lowest BCUT2D eigenvalue weighted by molar-refractivity contribution is 0.0747. The van der Waals surface area contributed by atoms with Gasteiger partial charge in [0.15, 0.2) is 11.6 Å². The molecule has 1 aromatic heterocycles. The molecule has 1 saturated heterocycles. The van der Waals surface area contributed by atoms with Crippen LogP contribution in [0.1, 0.15) is 23.2 Å². The normalized spacial score (nSPS) is 16.6. The van der Waals surface area contributed by atoms with Crippen LogP contribution in [0.2, 0.25) is 15.1 Å². The summed E-state index contributed by atoms with van der Waals surface area (Å²) in [5, 5.41) is 4.41. The fourth-order valence-corrected chi connectivity index (χ4v) is 4.42. The first-order chi connectivity index (χ1) is 15.0. The number of fused-ring (bicyclic) bond motifs is 1. The molecule has 2 aliphatic rings. The van der Waals surface area contributed by atoms with Crippen LogP contribution in [0.15, 0.2) is 36.4 Å². The van der Waals surface area contributed by atoms with E-state index < -0.39 is 0 Å². The van der Waals surface area contributed by atoms with E-state index in [0.29, 0.717) is 42.8 Å². The Labute approximate surface area is 195 Å². The quantitative estimate of drug-likeness (QED) is 0.529. The Morgan fingerprint density at radius 2 is 1.65 bits per heavy atom. The van der Waals surface area contributed by atoms with Gasteiger partial charge in [-0.25, -0.2) is 9.97 Å². The number of hydrogen-bond donors (Lipinski definition) is 1. The average Bonchev–Trinajstić information content (AvgIpc) is 3.59. The number of aromatic nitrogens is 2. The number of halogens is 3. The van der Waals surface area contributed by atoms with E-state index >= 15 is 0 Å². The number of carbonyl (C=O) groups excluding carboxylic acids is 1. The third-order valence-electron chi connectivity index (χ3n) is 5.56. The summed E-state index contributed by atoms with van der Waals surface area (Å²) in [6, 6.07) is 11.4. The maximum Gasteiger partial charge on any atom is 0.255 e. The van der Waals surface area contributed by atoms with Crippen LogP contribution in [-0.2, 0) is 0 Å². The number of nitrogens with one attached hydrogen (secondary N) is 1. The number of anilines is 2. The molecule has 2 fully saturated rings. The zero-order chi connectivity index (χ0) is 21.5. The minimum Gasteiger partial charge on any atom is -0.364 e. The predicted molar refractivity (Wildman–Crippen MR) is 126 cm³/mol. The van der Waals surface area contributed by atoms with E-state index in [9.17, 15) is 4.79 Å².